The molecule has 108 valence electrons. The summed E-state index contributed by atoms with van der Waals surface area (Å²) in [5.41, 5.74) is 0.763. The van der Waals surface area contributed by atoms with Gasteiger partial charge in [-0.1, -0.05) is 48.5 Å². The van der Waals surface area contributed by atoms with Gasteiger partial charge in [0.15, 0.2) is 5.78 Å². The Hall–Kier alpha value is -2.36. The standard InChI is InChI=1S/C17H13F3O/c18-17(19,20)15-9-6-13(7-10-15)8-11-16(21)12-14-4-2-1-3-5-14/h1-11H,12H2/b11-8+. The molecule has 0 unspecified atom stereocenters. The minimum atomic E-state index is -4.34. The van der Waals surface area contributed by atoms with Crippen LogP contribution < -0.4 is 0 Å². The zero-order valence-corrected chi connectivity index (χ0v) is 11.1. The van der Waals surface area contributed by atoms with Crippen molar-refractivity contribution in [3.8, 4) is 0 Å². The molecule has 0 saturated heterocycles. The highest BCUT2D eigenvalue weighted by atomic mass is 19.4. The average molecular weight is 290 g/mol. The van der Waals surface area contributed by atoms with Crippen LogP contribution in [-0.2, 0) is 17.4 Å². The van der Waals surface area contributed by atoms with Crippen LogP contribution in [0.15, 0.2) is 60.7 Å². The molecule has 0 radical (unpaired) electrons. The molecule has 0 fully saturated rings. The van der Waals surface area contributed by atoms with E-state index in [2.05, 4.69) is 0 Å². The van der Waals surface area contributed by atoms with E-state index in [0.29, 0.717) is 5.56 Å². The number of allylic oxidation sites excluding steroid dienone is 1. The Morgan fingerprint density at radius 1 is 0.952 bits per heavy atom. The smallest absolute Gasteiger partial charge is 0.294 e. The third-order valence-corrected chi connectivity index (χ3v) is 2.92. The van der Waals surface area contributed by atoms with Crippen LogP contribution in [0.2, 0.25) is 0 Å². The predicted molar refractivity (Wildman–Crippen MR) is 75.6 cm³/mol. The van der Waals surface area contributed by atoms with Crippen LogP contribution >= 0.6 is 0 Å². The first-order valence-corrected chi connectivity index (χ1v) is 6.37. The number of carbonyl (C=O) groups excluding carboxylic acids is 1. The lowest BCUT2D eigenvalue weighted by molar-refractivity contribution is -0.137. The Morgan fingerprint density at radius 2 is 1.57 bits per heavy atom. The van der Waals surface area contributed by atoms with Gasteiger partial charge < -0.3 is 0 Å². The summed E-state index contributed by atoms with van der Waals surface area (Å²) in [7, 11) is 0. The van der Waals surface area contributed by atoms with Crippen molar-refractivity contribution in [3.05, 3.63) is 77.4 Å². The zero-order chi connectivity index (χ0) is 15.3. The molecule has 0 aromatic heterocycles. The van der Waals surface area contributed by atoms with Crippen molar-refractivity contribution < 1.29 is 18.0 Å². The van der Waals surface area contributed by atoms with Crippen LogP contribution in [0.4, 0.5) is 13.2 Å². The summed E-state index contributed by atoms with van der Waals surface area (Å²) in [6.45, 7) is 0. The maximum Gasteiger partial charge on any atom is 0.416 e. The molecule has 0 saturated carbocycles. The molecule has 0 aliphatic rings. The van der Waals surface area contributed by atoms with Crippen molar-refractivity contribution >= 4 is 11.9 Å². The van der Waals surface area contributed by atoms with Crippen molar-refractivity contribution in [2.75, 3.05) is 0 Å². The van der Waals surface area contributed by atoms with Gasteiger partial charge in [0.1, 0.15) is 0 Å². The maximum atomic E-state index is 12.4. The van der Waals surface area contributed by atoms with Crippen molar-refractivity contribution in [2.24, 2.45) is 0 Å². The Bertz CT molecular complexity index is 625. The number of hydrogen-bond donors (Lipinski definition) is 0. The summed E-state index contributed by atoms with van der Waals surface area (Å²) in [6.07, 6.45) is -1.16. The van der Waals surface area contributed by atoms with Crippen LogP contribution in [-0.4, -0.2) is 5.78 Å². The second-order valence-corrected chi connectivity index (χ2v) is 4.58. The zero-order valence-electron chi connectivity index (χ0n) is 11.1. The fourth-order valence-electron chi connectivity index (χ4n) is 1.83. The molecule has 2 aromatic rings. The van der Waals surface area contributed by atoms with Gasteiger partial charge in [0.25, 0.3) is 0 Å². The lowest BCUT2D eigenvalue weighted by Crippen LogP contribution is -2.04. The maximum absolute atomic E-state index is 12.4. The summed E-state index contributed by atoms with van der Waals surface area (Å²) in [5.74, 6) is -0.0962. The highest BCUT2D eigenvalue weighted by Gasteiger charge is 2.29. The first-order chi connectivity index (χ1) is 9.95. The minimum absolute atomic E-state index is 0.0962. The van der Waals surface area contributed by atoms with Crippen molar-refractivity contribution in [3.63, 3.8) is 0 Å². The highest BCUT2D eigenvalue weighted by Crippen LogP contribution is 2.29. The average Bonchev–Trinajstić information content (AvgIpc) is 2.46. The van der Waals surface area contributed by atoms with Gasteiger partial charge in [0, 0.05) is 6.42 Å². The Labute approximate surface area is 120 Å². The van der Waals surface area contributed by atoms with E-state index in [1.807, 2.05) is 30.3 Å². The summed E-state index contributed by atoms with van der Waals surface area (Å²) in [6, 6.07) is 14.0. The Balaban J connectivity index is 1.99. The number of rotatable bonds is 4. The Morgan fingerprint density at radius 3 is 2.14 bits per heavy atom. The summed E-state index contributed by atoms with van der Waals surface area (Å²) < 4.78 is 37.2. The van der Waals surface area contributed by atoms with E-state index in [-0.39, 0.29) is 12.2 Å². The molecule has 0 bridgehead atoms. The van der Waals surface area contributed by atoms with Crippen LogP contribution in [0.5, 0.6) is 0 Å². The monoisotopic (exact) mass is 290 g/mol. The van der Waals surface area contributed by atoms with Gasteiger partial charge in [0.2, 0.25) is 0 Å². The molecule has 0 spiro atoms. The molecular formula is C17H13F3O. The molecule has 2 aromatic carbocycles. The summed E-state index contributed by atoms with van der Waals surface area (Å²) in [5, 5.41) is 0. The second-order valence-electron chi connectivity index (χ2n) is 4.58. The molecule has 0 aliphatic carbocycles. The third-order valence-electron chi connectivity index (χ3n) is 2.92. The number of benzene rings is 2. The van der Waals surface area contributed by atoms with Gasteiger partial charge in [-0.3, -0.25) is 4.79 Å². The number of carbonyl (C=O) groups is 1. The molecule has 21 heavy (non-hydrogen) atoms. The van der Waals surface area contributed by atoms with Crippen molar-refractivity contribution in [1.82, 2.24) is 0 Å². The van der Waals surface area contributed by atoms with Crippen LogP contribution in [0.1, 0.15) is 16.7 Å². The summed E-state index contributed by atoms with van der Waals surface area (Å²) >= 11 is 0. The quantitative estimate of drug-likeness (QED) is 0.756. The highest BCUT2D eigenvalue weighted by molar-refractivity contribution is 5.95. The normalized spacial score (nSPS) is 11.8. The van der Waals surface area contributed by atoms with Gasteiger partial charge in [-0.2, -0.15) is 13.2 Å². The lowest BCUT2D eigenvalue weighted by Gasteiger charge is -2.05. The number of alkyl halides is 3. The second kappa shape index (κ2) is 6.39. The summed E-state index contributed by atoms with van der Waals surface area (Å²) in [4.78, 5) is 11.7. The first-order valence-electron chi connectivity index (χ1n) is 6.37. The molecule has 0 atom stereocenters. The number of hydrogen-bond acceptors (Lipinski definition) is 1. The van der Waals surface area contributed by atoms with Gasteiger partial charge in [0.05, 0.1) is 5.56 Å². The van der Waals surface area contributed by atoms with Crippen LogP contribution in [0.3, 0.4) is 0 Å². The molecule has 4 heteroatoms. The van der Waals surface area contributed by atoms with E-state index < -0.39 is 11.7 Å². The predicted octanol–water partition coefficient (Wildman–Crippen LogP) is 4.53. The van der Waals surface area contributed by atoms with Gasteiger partial charge >= 0.3 is 6.18 Å². The topological polar surface area (TPSA) is 17.1 Å². The molecule has 2 rings (SSSR count). The van der Waals surface area contributed by atoms with E-state index in [0.717, 1.165) is 17.7 Å². The van der Waals surface area contributed by atoms with E-state index >= 15 is 0 Å². The van der Waals surface area contributed by atoms with Gasteiger partial charge in [-0.05, 0) is 29.3 Å². The molecule has 0 aliphatic heterocycles. The molecule has 1 nitrogen and oxygen atoms in total. The number of halogens is 3. The van der Waals surface area contributed by atoms with E-state index in [1.54, 1.807) is 0 Å². The van der Waals surface area contributed by atoms with Crippen LogP contribution in [0, 0.1) is 0 Å². The fourth-order valence-corrected chi connectivity index (χ4v) is 1.83. The SMILES string of the molecule is O=C(/C=C/c1ccc(C(F)(F)F)cc1)Cc1ccccc1. The van der Waals surface area contributed by atoms with Crippen LogP contribution in [0.25, 0.3) is 6.08 Å². The minimum Gasteiger partial charge on any atom is -0.294 e. The molecular weight excluding hydrogens is 277 g/mol. The van der Waals surface area contributed by atoms with Crippen molar-refractivity contribution in [1.29, 1.82) is 0 Å². The fraction of sp³-hybridized carbons (Fsp3) is 0.118. The van der Waals surface area contributed by atoms with E-state index in [9.17, 15) is 18.0 Å². The number of ketones is 1. The van der Waals surface area contributed by atoms with E-state index in [4.69, 9.17) is 0 Å². The molecule has 0 amide bonds. The third kappa shape index (κ3) is 4.60. The lowest BCUT2D eigenvalue weighted by atomic mass is 10.1. The Kier molecular flexibility index (Phi) is 4.58. The largest absolute Gasteiger partial charge is 0.416 e. The van der Waals surface area contributed by atoms with E-state index in [1.165, 1.54) is 24.3 Å². The van der Waals surface area contributed by atoms with Crippen molar-refractivity contribution in [2.45, 2.75) is 12.6 Å². The molecule has 0 N–H and O–H groups in total. The first kappa shape index (κ1) is 15.0. The molecule has 0 heterocycles. The van der Waals surface area contributed by atoms with Gasteiger partial charge in [-0.15, -0.1) is 0 Å². The van der Waals surface area contributed by atoms with Gasteiger partial charge in [-0.25, -0.2) is 0 Å².